The lowest BCUT2D eigenvalue weighted by atomic mass is 10.1. The third kappa shape index (κ3) is 3.44. The molecular formula is C21H16F3N5. The zero-order chi connectivity index (χ0) is 20.6. The van der Waals surface area contributed by atoms with Crippen LogP contribution in [0.5, 0.6) is 0 Å². The summed E-state index contributed by atoms with van der Waals surface area (Å²) < 4.78 is 41.2. The molecule has 0 aliphatic rings. The Morgan fingerprint density at radius 2 is 1.69 bits per heavy atom. The first-order valence-electron chi connectivity index (χ1n) is 8.75. The number of hydrogen-bond acceptors (Lipinski definition) is 2. The van der Waals surface area contributed by atoms with Crippen LogP contribution < -0.4 is 5.84 Å². The Bertz CT molecular complexity index is 1250. The van der Waals surface area contributed by atoms with E-state index in [1.54, 1.807) is 12.1 Å². The van der Waals surface area contributed by atoms with Gasteiger partial charge in [0.15, 0.2) is 5.84 Å². The predicted molar refractivity (Wildman–Crippen MR) is 106 cm³/mol. The molecule has 146 valence electrons. The summed E-state index contributed by atoms with van der Waals surface area (Å²) in [5.74, 6) is 4.97. The molecule has 0 amide bonds. The zero-order valence-electron chi connectivity index (χ0n) is 15.1. The summed E-state index contributed by atoms with van der Waals surface area (Å²) in [6.07, 6.45) is -4.39. The minimum atomic E-state index is -4.39. The maximum atomic E-state index is 13.1. The zero-order valence-corrected chi connectivity index (χ0v) is 15.1. The van der Waals surface area contributed by atoms with E-state index in [-0.39, 0.29) is 12.4 Å². The monoisotopic (exact) mass is 395 g/mol. The molecule has 0 spiro atoms. The van der Waals surface area contributed by atoms with E-state index in [0.717, 1.165) is 27.9 Å². The third-order valence-electron chi connectivity index (χ3n) is 4.80. The van der Waals surface area contributed by atoms with Crippen LogP contribution in [0.15, 0.2) is 77.1 Å². The molecule has 29 heavy (non-hydrogen) atoms. The second-order valence-electron chi connectivity index (χ2n) is 6.60. The van der Waals surface area contributed by atoms with Crippen molar-refractivity contribution in [1.29, 1.82) is 5.41 Å². The molecule has 8 heteroatoms. The Morgan fingerprint density at radius 1 is 0.931 bits per heavy atom. The number of amidine groups is 1. The van der Waals surface area contributed by atoms with Crippen LogP contribution in [0.25, 0.3) is 21.8 Å². The van der Waals surface area contributed by atoms with E-state index in [2.05, 4.69) is 10.3 Å². The van der Waals surface area contributed by atoms with Crippen molar-refractivity contribution in [3.05, 3.63) is 83.4 Å². The highest BCUT2D eigenvalue weighted by atomic mass is 19.4. The third-order valence-corrected chi connectivity index (χ3v) is 4.80. The fourth-order valence-corrected chi connectivity index (χ4v) is 3.52. The Balaban J connectivity index is 1.87. The van der Waals surface area contributed by atoms with Crippen LogP contribution in [0, 0.1) is 5.41 Å². The van der Waals surface area contributed by atoms with Gasteiger partial charge in [-0.1, -0.05) is 35.6 Å². The van der Waals surface area contributed by atoms with Crippen molar-refractivity contribution in [3.63, 3.8) is 0 Å². The maximum Gasteiger partial charge on any atom is 0.416 e. The molecule has 0 saturated heterocycles. The first-order valence-corrected chi connectivity index (χ1v) is 8.75. The summed E-state index contributed by atoms with van der Waals surface area (Å²) in [6, 6.07) is 18.4. The molecule has 0 atom stereocenters. The van der Waals surface area contributed by atoms with E-state index in [0.29, 0.717) is 11.1 Å². The fourth-order valence-electron chi connectivity index (χ4n) is 3.52. The number of nitrogens with one attached hydrogen (secondary N) is 1. The highest BCUT2D eigenvalue weighted by Gasteiger charge is 2.30. The van der Waals surface area contributed by atoms with Gasteiger partial charge in [0.2, 0.25) is 0 Å². The summed E-state index contributed by atoms with van der Waals surface area (Å²) >= 11 is 0. The topological polar surface area (TPSA) is 79.5 Å². The standard InChI is InChI=1S/C21H16F3N5/c22-21(23,24)15-5-3-4-13(10-15)12-29-18-7-2-1-6-16(18)17-11-14(8-9-19(17)29)20(25)27-28-26/h1-11H,12H2,(H3,25,26,27). The minimum Gasteiger partial charge on any atom is -0.336 e. The van der Waals surface area contributed by atoms with Crippen LogP contribution in [0.3, 0.4) is 0 Å². The van der Waals surface area contributed by atoms with Crippen LogP contribution in [-0.2, 0) is 12.7 Å². The van der Waals surface area contributed by atoms with Crippen molar-refractivity contribution in [3.8, 4) is 0 Å². The van der Waals surface area contributed by atoms with Gasteiger partial charge in [-0.15, -0.1) is 5.11 Å². The van der Waals surface area contributed by atoms with Crippen molar-refractivity contribution < 1.29 is 13.2 Å². The molecule has 0 unspecified atom stereocenters. The average Bonchev–Trinajstić information content (AvgIpc) is 3.01. The number of benzene rings is 3. The van der Waals surface area contributed by atoms with Gasteiger partial charge in [-0.3, -0.25) is 5.41 Å². The van der Waals surface area contributed by atoms with Crippen LogP contribution in [-0.4, -0.2) is 10.4 Å². The molecular weight excluding hydrogens is 379 g/mol. The predicted octanol–water partition coefficient (Wildman–Crippen LogP) is 5.51. The molecule has 0 fully saturated rings. The highest BCUT2D eigenvalue weighted by Crippen LogP contribution is 2.32. The first kappa shape index (κ1) is 18.7. The Kier molecular flexibility index (Phi) is 4.54. The van der Waals surface area contributed by atoms with Gasteiger partial charge in [0.05, 0.1) is 5.56 Å². The number of para-hydroxylation sites is 1. The number of aromatic nitrogens is 1. The van der Waals surface area contributed by atoms with E-state index in [1.807, 2.05) is 41.0 Å². The average molecular weight is 395 g/mol. The Morgan fingerprint density at radius 3 is 2.45 bits per heavy atom. The molecule has 3 N–H and O–H groups in total. The number of nitrogens with two attached hydrogens (primary N) is 1. The van der Waals surface area contributed by atoms with Gasteiger partial charge in [-0.05, 0) is 42.0 Å². The minimum absolute atomic E-state index is 0.0656. The number of fused-ring (bicyclic) bond motifs is 3. The fraction of sp³-hybridized carbons (Fsp3) is 0.0952. The Hall–Kier alpha value is -3.68. The van der Waals surface area contributed by atoms with E-state index in [9.17, 15) is 13.2 Å². The van der Waals surface area contributed by atoms with E-state index < -0.39 is 11.7 Å². The number of halogens is 3. The van der Waals surface area contributed by atoms with Crippen molar-refractivity contribution in [2.24, 2.45) is 16.2 Å². The summed E-state index contributed by atoms with van der Waals surface area (Å²) in [5, 5.41) is 16.5. The van der Waals surface area contributed by atoms with Gasteiger partial charge in [0.25, 0.3) is 0 Å². The van der Waals surface area contributed by atoms with Gasteiger partial charge in [-0.2, -0.15) is 13.2 Å². The number of alkyl halides is 3. The molecule has 5 nitrogen and oxygen atoms in total. The van der Waals surface area contributed by atoms with Crippen LogP contribution in [0.4, 0.5) is 13.2 Å². The number of rotatable bonds is 3. The van der Waals surface area contributed by atoms with Crippen LogP contribution >= 0.6 is 0 Å². The molecule has 0 aliphatic carbocycles. The van der Waals surface area contributed by atoms with Gasteiger partial charge < -0.3 is 10.4 Å². The lowest BCUT2D eigenvalue weighted by molar-refractivity contribution is -0.137. The van der Waals surface area contributed by atoms with Gasteiger partial charge >= 0.3 is 6.18 Å². The molecule has 1 heterocycles. The van der Waals surface area contributed by atoms with E-state index in [4.69, 9.17) is 11.3 Å². The van der Waals surface area contributed by atoms with Gasteiger partial charge in [-0.25, -0.2) is 0 Å². The normalized spacial score (nSPS) is 12.2. The molecule has 0 saturated carbocycles. The second kappa shape index (κ2) is 7.05. The largest absolute Gasteiger partial charge is 0.416 e. The van der Waals surface area contributed by atoms with Crippen molar-refractivity contribution in [1.82, 2.24) is 4.57 Å². The summed E-state index contributed by atoms with van der Waals surface area (Å²) in [6.45, 7) is 0.285. The molecule has 1 aromatic heterocycles. The molecule has 3 aromatic carbocycles. The van der Waals surface area contributed by atoms with Crippen LogP contribution in [0.1, 0.15) is 16.7 Å². The van der Waals surface area contributed by atoms with Crippen molar-refractivity contribution in [2.75, 3.05) is 0 Å². The quantitative estimate of drug-likeness (QED) is 0.155. The van der Waals surface area contributed by atoms with E-state index in [1.165, 1.54) is 12.1 Å². The first-order chi connectivity index (χ1) is 13.9. The van der Waals surface area contributed by atoms with Gasteiger partial charge in [0.1, 0.15) is 0 Å². The smallest absolute Gasteiger partial charge is 0.336 e. The number of hydrogen-bond donors (Lipinski definition) is 2. The maximum absolute atomic E-state index is 13.1. The van der Waals surface area contributed by atoms with Crippen LogP contribution in [0.2, 0.25) is 0 Å². The van der Waals surface area contributed by atoms with Gasteiger partial charge in [0, 0.05) is 33.9 Å². The number of nitrogens with zero attached hydrogens (tertiary/aromatic N) is 3. The lowest BCUT2D eigenvalue weighted by Crippen LogP contribution is -2.06. The van der Waals surface area contributed by atoms with Crippen molar-refractivity contribution in [2.45, 2.75) is 12.7 Å². The molecule has 0 bridgehead atoms. The van der Waals surface area contributed by atoms with Crippen molar-refractivity contribution >= 4 is 27.6 Å². The highest BCUT2D eigenvalue weighted by molar-refractivity contribution is 6.11. The van der Waals surface area contributed by atoms with E-state index >= 15 is 0 Å². The SMILES string of the molecule is N=C(N=NN)c1ccc2c(c1)c1ccccc1n2Cc1cccc(C(F)(F)F)c1. The second-order valence-corrected chi connectivity index (χ2v) is 6.60. The summed E-state index contributed by atoms with van der Waals surface area (Å²) in [5.41, 5.74) is 2.18. The summed E-state index contributed by atoms with van der Waals surface area (Å²) in [4.78, 5) is 0. The molecule has 4 aromatic rings. The molecule has 0 radical (unpaired) electrons. The molecule has 0 aliphatic heterocycles. The Labute approximate surface area is 163 Å². The molecule has 4 rings (SSSR count). The summed E-state index contributed by atoms with van der Waals surface area (Å²) in [7, 11) is 0. The lowest BCUT2D eigenvalue weighted by Gasteiger charge is -2.11.